The smallest absolute Gasteiger partial charge is 0.277 e. The maximum atomic E-state index is 10.9. The van der Waals surface area contributed by atoms with Gasteiger partial charge in [-0.15, -0.1) is 0 Å². The van der Waals surface area contributed by atoms with Crippen LogP contribution in [-0.2, 0) is 4.74 Å². The Labute approximate surface area is 106 Å². The molecule has 2 atom stereocenters. The molecule has 18 heavy (non-hydrogen) atoms. The van der Waals surface area contributed by atoms with Gasteiger partial charge >= 0.3 is 0 Å². The van der Waals surface area contributed by atoms with Crippen LogP contribution in [0.25, 0.3) is 0 Å². The van der Waals surface area contributed by atoms with E-state index in [0.29, 0.717) is 11.4 Å². The van der Waals surface area contributed by atoms with Crippen molar-refractivity contribution in [2.45, 2.75) is 38.3 Å². The zero-order valence-corrected chi connectivity index (χ0v) is 10.5. The van der Waals surface area contributed by atoms with Gasteiger partial charge in [-0.3, -0.25) is 10.1 Å². The summed E-state index contributed by atoms with van der Waals surface area (Å²) in [4.78, 5) is 14.7. The Morgan fingerprint density at radius 3 is 3.00 bits per heavy atom. The Bertz CT molecular complexity index is 450. The van der Waals surface area contributed by atoms with Crippen LogP contribution in [0, 0.1) is 17.0 Å². The molecule has 6 nitrogen and oxygen atoms in total. The number of aryl methyl sites for hydroxylation is 1. The van der Waals surface area contributed by atoms with E-state index in [9.17, 15) is 10.1 Å². The van der Waals surface area contributed by atoms with Crippen molar-refractivity contribution in [1.29, 1.82) is 0 Å². The number of methoxy groups -OCH3 is 1. The lowest BCUT2D eigenvalue weighted by molar-refractivity contribution is -0.385. The number of ether oxygens (including phenoxy) is 1. The Morgan fingerprint density at radius 2 is 2.33 bits per heavy atom. The average molecular weight is 251 g/mol. The van der Waals surface area contributed by atoms with E-state index in [4.69, 9.17) is 4.74 Å². The number of nitrogens with one attached hydrogen (secondary N) is 1. The summed E-state index contributed by atoms with van der Waals surface area (Å²) in [6.45, 7) is 1.68. The lowest BCUT2D eigenvalue weighted by atomic mass is 10.2. The molecule has 98 valence electrons. The van der Waals surface area contributed by atoms with E-state index in [1.54, 1.807) is 14.0 Å². The fourth-order valence-corrected chi connectivity index (χ4v) is 2.35. The number of pyridine rings is 1. The van der Waals surface area contributed by atoms with Gasteiger partial charge in [0.15, 0.2) is 0 Å². The van der Waals surface area contributed by atoms with E-state index in [-0.39, 0.29) is 22.8 Å². The molecule has 1 aliphatic carbocycles. The van der Waals surface area contributed by atoms with Gasteiger partial charge in [0.2, 0.25) is 0 Å². The molecule has 1 N–H and O–H groups in total. The third kappa shape index (κ3) is 2.59. The third-order valence-electron chi connectivity index (χ3n) is 3.36. The second kappa shape index (κ2) is 5.30. The maximum absolute atomic E-state index is 10.9. The van der Waals surface area contributed by atoms with Gasteiger partial charge in [0.25, 0.3) is 5.69 Å². The summed E-state index contributed by atoms with van der Waals surface area (Å²) in [5.41, 5.74) is 0.666. The normalized spacial score (nSPS) is 23.0. The first-order valence-corrected chi connectivity index (χ1v) is 6.02. The van der Waals surface area contributed by atoms with E-state index < -0.39 is 0 Å². The van der Waals surface area contributed by atoms with Gasteiger partial charge in [0.05, 0.1) is 23.1 Å². The van der Waals surface area contributed by atoms with E-state index in [1.165, 1.54) is 12.3 Å². The monoisotopic (exact) mass is 251 g/mol. The van der Waals surface area contributed by atoms with Crippen LogP contribution in [0.4, 0.5) is 11.5 Å². The molecule has 1 aromatic rings. The predicted octanol–water partition coefficient (Wildman–Crippen LogP) is 2.28. The van der Waals surface area contributed by atoms with E-state index in [0.717, 1.165) is 19.3 Å². The van der Waals surface area contributed by atoms with E-state index >= 15 is 0 Å². The summed E-state index contributed by atoms with van der Waals surface area (Å²) in [6, 6.07) is 1.67. The Hall–Kier alpha value is -1.69. The Balaban J connectivity index is 2.14. The van der Waals surface area contributed by atoms with Crippen LogP contribution < -0.4 is 5.32 Å². The molecule has 0 aliphatic heterocycles. The van der Waals surface area contributed by atoms with Crippen molar-refractivity contribution in [2.24, 2.45) is 0 Å². The molecule has 6 heteroatoms. The standard InChI is InChI=1S/C12H17N3O3/c1-8-7-13-12(6-10(8)15(16)17)14-9-4-3-5-11(9)18-2/h6-7,9,11H,3-5H2,1-2H3,(H,13,14). The minimum atomic E-state index is -0.384. The predicted molar refractivity (Wildman–Crippen MR) is 67.7 cm³/mol. The zero-order valence-electron chi connectivity index (χ0n) is 10.5. The number of anilines is 1. The number of rotatable bonds is 4. The second-order valence-electron chi connectivity index (χ2n) is 4.57. The highest BCUT2D eigenvalue weighted by Crippen LogP contribution is 2.26. The minimum absolute atomic E-state index is 0.0967. The fourth-order valence-electron chi connectivity index (χ4n) is 2.35. The van der Waals surface area contributed by atoms with Gasteiger partial charge in [-0.25, -0.2) is 4.98 Å². The van der Waals surface area contributed by atoms with Crippen LogP contribution in [0.5, 0.6) is 0 Å². The van der Waals surface area contributed by atoms with Gasteiger partial charge < -0.3 is 10.1 Å². The van der Waals surface area contributed by atoms with Crippen LogP contribution in [0.15, 0.2) is 12.3 Å². The second-order valence-corrected chi connectivity index (χ2v) is 4.57. The third-order valence-corrected chi connectivity index (χ3v) is 3.36. The minimum Gasteiger partial charge on any atom is -0.379 e. The summed E-state index contributed by atoms with van der Waals surface area (Å²) < 4.78 is 5.37. The molecule has 0 amide bonds. The first kappa shape index (κ1) is 12.8. The quantitative estimate of drug-likeness (QED) is 0.656. The zero-order chi connectivity index (χ0) is 13.1. The highest BCUT2D eigenvalue weighted by molar-refractivity contribution is 5.49. The molecule has 1 aromatic heterocycles. The molecular weight excluding hydrogens is 234 g/mol. The van der Waals surface area contributed by atoms with E-state index in [2.05, 4.69) is 10.3 Å². The fraction of sp³-hybridized carbons (Fsp3) is 0.583. The van der Waals surface area contributed by atoms with Crippen LogP contribution in [0.1, 0.15) is 24.8 Å². The van der Waals surface area contributed by atoms with Gasteiger partial charge in [-0.05, 0) is 26.2 Å². The van der Waals surface area contributed by atoms with Crippen molar-refractivity contribution in [3.8, 4) is 0 Å². The van der Waals surface area contributed by atoms with Crippen molar-refractivity contribution in [3.63, 3.8) is 0 Å². The molecular formula is C12H17N3O3. The van der Waals surface area contributed by atoms with Crippen LogP contribution >= 0.6 is 0 Å². The summed E-state index contributed by atoms with van der Waals surface area (Å²) in [5, 5.41) is 14.1. The highest BCUT2D eigenvalue weighted by atomic mass is 16.6. The Morgan fingerprint density at radius 1 is 1.56 bits per heavy atom. The molecule has 1 aliphatic rings. The van der Waals surface area contributed by atoms with Gasteiger partial charge in [-0.2, -0.15) is 0 Å². The number of hydrogen-bond donors (Lipinski definition) is 1. The molecule has 1 saturated carbocycles. The summed E-state index contributed by atoms with van der Waals surface area (Å²) in [5.74, 6) is 0.543. The SMILES string of the molecule is COC1CCCC1Nc1cc([N+](=O)[O-])c(C)cn1. The first-order chi connectivity index (χ1) is 8.61. The summed E-state index contributed by atoms with van der Waals surface area (Å²) in [7, 11) is 1.69. The number of hydrogen-bond acceptors (Lipinski definition) is 5. The van der Waals surface area contributed by atoms with Crippen LogP contribution in [0.3, 0.4) is 0 Å². The van der Waals surface area contributed by atoms with E-state index in [1.807, 2.05) is 0 Å². The molecule has 1 heterocycles. The molecule has 2 rings (SSSR count). The molecule has 0 radical (unpaired) electrons. The molecule has 0 aromatic carbocycles. The van der Waals surface area contributed by atoms with Crippen molar-refractivity contribution in [1.82, 2.24) is 4.98 Å². The topological polar surface area (TPSA) is 77.3 Å². The highest BCUT2D eigenvalue weighted by Gasteiger charge is 2.27. The van der Waals surface area contributed by atoms with Crippen molar-refractivity contribution >= 4 is 11.5 Å². The summed E-state index contributed by atoms with van der Waals surface area (Å²) in [6.07, 6.45) is 4.80. The van der Waals surface area contributed by atoms with Crippen molar-refractivity contribution < 1.29 is 9.66 Å². The first-order valence-electron chi connectivity index (χ1n) is 6.02. The number of nitro groups is 1. The van der Waals surface area contributed by atoms with Gasteiger partial charge in [-0.1, -0.05) is 0 Å². The lowest BCUT2D eigenvalue weighted by Crippen LogP contribution is -2.30. The molecule has 2 unspecified atom stereocenters. The maximum Gasteiger partial charge on any atom is 0.277 e. The largest absolute Gasteiger partial charge is 0.379 e. The number of aromatic nitrogens is 1. The Kier molecular flexibility index (Phi) is 3.76. The molecule has 0 saturated heterocycles. The number of nitrogens with zero attached hydrogens (tertiary/aromatic N) is 2. The average Bonchev–Trinajstić information content (AvgIpc) is 2.78. The van der Waals surface area contributed by atoms with Crippen LogP contribution in [-0.4, -0.2) is 29.2 Å². The summed E-state index contributed by atoms with van der Waals surface area (Å²) >= 11 is 0. The van der Waals surface area contributed by atoms with Gasteiger partial charge in [0, 0.05) is 18.9 Å². The lowest BCUT2D eigenvalue weighted by Gasteiger charge is -2.20. The van der Waals surface area contributed by atoms with Gasteiger partial charge in [0.1, 0.15) is 5.82 Å². The molecule has 0 spiro atoms. The molecule has 0 bridgehead atoms. The van der Waals surface area contributed by atoms with Crippen molar-refractivity contribution in [3.05, 3.63) is 27.9 Å². The van der Waals surface area contributed by atoms with Crippen LogP contribution in [0.2, 0.25) is 0 Å². The molecule has 1 fully saturated rings. The van der Waals surface area contributed by atoms with Crippen molar-refractivity contribution in [2.75, 3.05) is 12.4 Å².